The number of likely N-dealkylation sites (N-methyl/N-ethyl adjacent to an activating group) is 1. The summed E-state index contributed by atoms with van der Waals surface area (Å²) in [5, 5.41) is 5.09. The number of rotatable bonds is 13. The number of thioether (sulfide) groups is 1. The number of hydrogen-bond acceptors (Lipinski definition) is 9. The van der Waals surface area contributed by atoms with Crippen molar-refractivity contribution in [2.75, 3.05) is 39.8 Å². The quantitative estimate of drug-likeness (QED) is 0.0890. The van der Waals surface area contributed by atoms with Gasteiger partial charge in [0.2, 0.25) is 5.91 Å². The highest BCUT2D eigenvalue weighted by Gasteiger charge is 2.31. The molecule has 0 aromatic rings. The van der Waals surface area contributed by atoms with E-state index >= 15 is 0 Å². The summed E-state index contributed by atoms with van der Waals surface area (Å²) >= 11 is 1.32. The van der Waals surface area contributed by atoms with E-state index in [-0.39, 0.29) is 36.8 Å². The van der Waals surface area contributed by atoms with E-state index in [0.717, 1.165) is 12.8 Å². The lowest BCUT2D eigenvalue weighted by molar-refractivity contribution is -0.117. The van der Waals surface area contributed by atoms with Crippen molar-refractivity contribution in [3.63, 3.8) is 0 Å². The average Bonchev–Trinajstić information content (AvgIpc) is 3.73. The molecule has 1 saturated carbocycles. The van der Waals surface area contributed by atoms with Crippen LogP contribution in [0, 0.1) is 17.8 Å². The standard InChI is InChI=1S/C25H34F3N5O4S/c1-15(26)36-8-9-37-23-11-17(18-10-20(24(27)28)30-12-21(18)35-3)19(13-33(23)2)25(34)31-14-38-22(32-29)7-6-16-4-5-16/h10-12,15-16,20,22,24,30,32H,4-5,8-9,13-14,29H2,1-3H3,(H,31,34). The number of hydrogen-bond donors (Lipinski definition) is 4. The Kier molecular flexibility index (Phi) is 11.3. The number of allylic oxidation sites excluding steroid dienone is 2. The number of halogens is 3. The normalized spacial score (nSPS) is 20.9. The molecule has 210 valence electrons. The van der Waals surface area contributed by atoms with Gasteiger partial charge in [0.25, 0.3) is 6.43 Å². The minimum atomic E-state index is -2.68. The van der Waals surface area contributed by atoms with E-state index in [1.165, 1.54) is 38.1 Å². The monoisotopic (exact) mass is 557 g/mol. The summed E-state index contributed by atoms with van der Waals surface area (Å²) in [5.41, 5.74) is 3.66. The van der Waals surface area contributed by atoms with Gasteiger partial charge in [-0.3, -0.25) is 10.6 Å². The van der Waals surface area contributed by atoms with E-state index in [9.17, 15) is 18.0 Å². The van der Waals surface area contributed by atoms with Gasteiger partial charge in [0.1, 0.15) is 23.8 Å². The molecule has 5 N–H and O–H groups in total. The molecule has 0 aromatic carbocycles. The first-order valence-electron chi connectivity index (χ1n) is 12.2. The Morgan fingerprint density at radius 1 is 1.34 bits per heavy atom. The van der Waals surface area contributed by atoms with E-state index in [4.69, 9.17) is 20.1 Å². The van der Waals surface area contributed by atoms with Gasteiger partial charge in [0.15, 0.2) is 12.2 Å². The molecule has 3 unspecified atom stereocenters. The molecular formula is C25H34F3N5O4S. The number of nitrogens with zero attached hydrogens (tertiary/aromatic N) is 1. The fourth-order valence-electron chi connectivity index (χ4n) is 3.61. The molecule has 3 aliphatic rings. The summed E-state index contributed by atoms with van der Waals surface area (Å²) in [4.78, 5) is 15.0. The first kappa shape index (κ1) is 29.8. The van der Waals surface area contributed by atoms with Gasteiger partial charge in [-0.2, -0.15) is 0 Å². The summed E-state index contributed by atoms with van der Waals surface area (Å²) in [6.07, 6.45) is 2.33. The molecule has 0 aromatic heterocycles. The molecule has 38 heavy (non-hydrogen) atoms. The maximum atomic E-state index is 13.6. The average molecular weight is 558 g/mol. The molecule has 1 aliphatic carbocycles. The SMILES string of the molecule is COC1=CNC(C(F)F)C=C1C1=C(C(=O)NCSC(C#CC2CC2)NN)CN(C)C(OCCOC(C)F)=C1. The topological polar surface area (TPSA) is 110 Å². The van der Waals surface area contributed by atoms with Crippen molar-refractivity contribution in [3.05, 3.63) is 46.7 Å². The summed E-state index contributed by atoms with van der Waals surface area (Å²) in [6, 6.07) is -1.27. The van der Waals surface area contributed by atoms with Crippen molar-refractivity contribution in [1.29, 1.82) is 0 Å². The zero-order chi connectivity index (χ0) is 27.7. The number of carbonyl (C=O) groups is 1. The van der Waals surface area contributed by atoms with Crippen molar-refractivity contribution in [2.24, 2.45) is 11.8 Å². The number of dihydropyridines is 1. The lowest BCUT2D eigenvalue weighted by Crippen LogP contribution is -2.38. The second-order valence-electron chi connectivity index (χ2n) is 8.74. The van der Waals surface area contributed by atoms with Crippen molar-refractivity contribution < 1.29 is 32.2 Å². The fraction of sp³-hybridized carbons (Fsp3) is 0.560. The first-order valence-corrected chi connectivity index (χ1v) is 13.2. The maximum absolute atomic E-state index is 13.6. The van der Waals surface area contributed by atoms with Gasteiger partial charge in [0.05, 0.1) is 26.1 Å². The minimum Gasteiger partial charge on any atom is -0.495 e. The summed E-state index contributed by atoms with van der Waals surface area (Å²) in [5.74, 6) is 12.7. The van der Waals surface area contributed by atoms with E-state index in [1.807, 2.05) is 0 Å². The van der Waals surface area contributed by atoms with Gasteiger partial charge in [-0.25, -0.2) is 18.6 Å². The summed E-state index contributed by atoms with van der Waals surface area (Å²) < 4.78 is 56.1. The van der Waals surface area contributed by atoms with E-state index in [2.05, 4.69) is 27.9 Å². The number of nitrogens with two attached hydrogens (primary N) is 1. The van der Waals surface area contributed by atoms with Crippen LogP contribution in [-0.4, -0.2) is 74.8 Å². The number of carbonyl (C=O) groups excluding carboxylic acids is 1. The van der Waals surface area contributed by atoms with Gasteiger partial charge in [-0.15, -0.1) is 11.8 Å². The van der Waals surface area contributed by atoms with Crippen molar-refractivity contribution in [2.45, 2.75) is 44.0 Å². The van der Waals surface area contributed by atoms with Crippen molar-refractivity contribution in [3.8, 4) is 11.8 Å². The number of nitrogens with one attached hydrogen (secondary N) is 3. The second-order valence-corrected chi connectivity index (χ2v) is 9.83. The van der Waals surface area contributed by atoms with E-state index < -0.39 is 24.7 Å². The van der Waals surface area contributed by atoms with Crippen molar-refractivity contribution in [1.82, 2.24) is 21.0 Å². The fourth-order valence-corrected chi connectivity index (χ4v) is 4.24. The van der Waals surface area contributed by atoms with Gasteiger partial charge in [-0.05, 0) is 25.8 Å². The van der Waals surface area contributed by atoms with Gasteiger partial charge < -0.3 is 29.7 Å². The van der Waals surface area contributed by atoms with Crippen LogP contribution in [0.4, 0.5) is 13.2 Å². The lowest BCUT2D eigenvalue weighted by Gasteiger charge is -2.31. The highest BCUT2D eigenvalue weighted by molar-refractivity contribution is 8.00. The predicted molar refractivity (Wildman–Crippen MR) is 139 cm³/mol. The Hall–Kier alpha value is -2.79. The number of methoxy groups -OCH3 is 1. The van der Waals surface area contributed by atoms with Crippen LogP contribution in [0.1, 0.15) is 19.8 Å². The molecule has 3 rings (SSSR count). The Bertz CT molecular complexity index is 1030. The zero-order valence-corrected chi connectivity index (χ0v) is 22.4. The first-order chi connectivity index (χ1) is 18.2. The Balaban J connectivity index is 1.84. The Morgan fingerprint density at radius 2 is 2.11 bits per heavy atom. The highest BCUT2D eigenvalue weighted by atomic mass is 32.2. The van der Waals surface area contributed by atoms with Gasteiger partial charge >= 0.3 is 0 Å². The molecular weight excluding hydrogens is 523 g/mol. The van der Waals surface area contributed by atoms with Gasteiger partial charge in [-0.1, -0.05) is 11.8 Å². The van der Waals surface area contributed by atoms with Crippen LogP contribution in [0.15, 0.2) is 46.7 Å². The molecule has 9 nitrogen and oxygen atoms in total. The summed E-state index contributed by atoms with van der Waals surface area (Å²) in [6.45, 7) is 1.45. The lowest BCUT2D eigenvalue weighted by atomic mass is 9.92. The highest BCUT2D eigenvalue weighted by Crippen LogP contribution is 2.33. The third-order valence-electron chi connectivity index (χ3n) is 5.75. The van der Waals surface area contributed by atoms with Crippen molar-refractivity contribution >= 4 is 17.7 Å². The zero-order valence-electron chi connectivity index (χ0n) is 21.6. The van der Waals surface area contributed by atoms with Crippen LogP contribution >= 0.6 is 11.8 Å². The molecule has 2 heterocycles. The molecule has 2 aliphatic heterocycles. The number of ether oxygens (including phenoxy) is 3. The molecule has 1 amide bonds. The van der Waals surface area contributed by atoms with Gasteiger partial charge in [0, 0.05) is 42.0 Å². The number of amides is 1. The molecule has 13 heteroatoms. The third kappa shape index (κ3) is 8.62. The maximum Gasteiger partial charge on any atom is 0.261 e. The predicted octanol–water partition coefficient (Wildman–Crippen LogP) is 2.08. The smallest absolute Gasteiger partial charge is 0.261 e. The van der Waals surface area contributed by atoms with Crippen LogP contribution < -0.4 is 21.9 Å². The molecule has 0 saturated heterocycles. The minimum absolute atomic E-state index is 0.00966. The Labute approximate surface area is 225 Å². The molecule has 0 radical (unpaired) electrons. The Morgan fingerprint density at radius 3 is 2.74 bits per heavy atom. The van der Waals surface area contributed by atoms with Crippen LogP contribution in [0.3, 0.4) is 0 Å². The second kappa shape index (κ2) is 14.4. The summed E-state index contributed by atoms with van der Waals surface area (Å²) in [7, 11) is 3.13. The molecule has 0 bridgehead atoms. The van der Waals surface area contributed by atoms with Crippen LogP contribution in [0.5, 0.6) is 0 Å². The molecule has 3 atom stereocenters. The molecule has 1 fully saturated rings. The molecule has 0 spiro atoms. The number of hydrazine groups is 1. The van der Waals surface area contributed by atoms with Crippen LogP contribution in [-0.2, 0) is 19.0 Å². The third-order valence-corrected chi connectivity index (χ3v) is 6.65. The largest absolute Gasteiger partial charge is 0.495 e. The van der Waals surface area contributed by atoms with Crippen LogP contribution in [0.2, 0.25) is 0 Å². The van der Waals surface area contributed by atoms with E-state index in [0.29, 0.717) is 28.5 Å². The number of alkyl halides is 3. The van der Waals surface area contributed by atoms with Crippen LogP contribution in [0.25, 0.3) is 0 Å². The van der Waals surface area contributed by atoms with E-state index in [1.54, 1.807) is 18.0 Å².